The number of methoxy groups -OCH3 is 1. The summed E-state index contributed by atoms with van der Waals surface area (Å²) in [5.74, 6) is 0.111. The maximum atomic E-state index is 13.5. The van der Waals surface area contributed by atoms with Gasteiger partial charge in [0.2, 0.25) is 0 Å². The number of ether oxygens (including phenoxy) is 1. The topological polar surface area (TPSA) is 46.6 Å². The zero-order valence-corrected chi connectivity index (χ0v) is 16.8. The molecule has 0 saturated heterocycles. The van der Waals surface area contributed by atoms with E-state index in [2.05, 4.69) is 0 Å². The molecule has 0 amide bonds. The van der Waals surface area contributed by atoms with Crippen LogP contribution in [0.5, 0.6) is 5.75 Å². The fourth-order valence-corrected chi connectivity index (χ4v) is 4.76. The highest BCUT2D eigenvalue weighted by Crippen LogP contribution is 2.36. The van der Waals surface area contributed by atoms with Crippen LogP contribution in [0.4, 0.5) is 10.1 Å². The highest BCUT2D eigenvalue weighted by atomic mass is 32.2. The molecule has 4 nitrogen and oxygen atoms in total. The lowest BCUT2D eigenvalue weighted by Gasteiger charge is -2.31. The van der Waals surface area contributed by atoms with Crippen molar-refractivity contribution >= 4 is 15.7 Å². The fourth-order valence-electron chi connectivity index (χ4n) is 3.12. The molecule has 0 aliphatic carbocycles. The molecular formula is C22H22FNO3S. The maximum Gasteiger partial charge on any atom is 0.264 e. The molecule has 0 unspecified atom stereocenters. The number of rotatable bonds is 6. The Labute approximate surface area is 165 Å². The van der Waals surface area contributed by atoms with Crippen LogP contribution in [-0.2, 0) is 10.0 Å². The summed E-state index contributed by atoms with van der Waals surface area (Å²) in [6, 6.07) is 18.9. The van der Waals surface area contributed by atoms with Crippen LogP contribution in [0.25, 0.3) is 0 Å². The van der Waals surface area contributed by atoms with Crippen LogP contribution < -0.4 is 9.04 Å². The molecule has 0 aliphatic rings. The van der Waals surface area contributed by atoms with Crippen molar-refractivity contribution in [3.05, 3.63) is 89.7 Å². The van der Waals surface area contributed by atoms with Crippen molar-refractivity contribution in [2.75, 3.05) is 11.4 Å². The van der Waals surface area contributed by atoms with Crippen molar-refractivity contribution in [2.45, 2.75) is 24.8 Å². The third-order valence-corrected chi connectivity index (χ3v) is 6.51. The second-order valence-corrected chi connectivity index (χ2v) is 8.32. The van der Waals surface area contributed by atoms with Gasteiger partial charge in [0.15, 0.2) is 0 Å². The van der Waals surface area contributed by atoms with Crippen LogP contribution in [0.15, 0.2) is 77.7 Å². The average molecular weight is 399 g/mol. The van der Waals surface area contributed by atoms with Gasteiger partial charge in [-0.2, -0.15) is 0 Å². The van der Waals surface area contributed by atoms with Crippen molar-refractivity contribution in [1.82, 2.24) is 0 Å². The summed E-state index contributed by atoms with van der Waals surface area (Å²) in [4.78, 5) is 0.0243. The van der Waals surface area contributed by atoms with Gasteiger partial charge in [0.05, 0.1) is 23.7 Å². The normalized spacial score (nSPS) is 12.4. The van der Waals surface area contributed by atoms with Gasteiger partial charge in [0, 0.05) is 5.56 Å². The predicted octanol–water partition coefficient (Wildman–Crippen LogP) is 5.10. The molecule has 0 spiro atoms. The van der Waals surface area contributed by atoms with Gasteiger partial charge in [-0.15, -0.1) is 0 Å². The molecule has 28 heavy (non-hydrogen) atoms. The number of sulfonamides is 1. The number of benzene rings is 3. The largest absolute Gasteiger partial charge is 0.496 e. The Bertz CT molecular complexity index is 1050. The van der Waals surface area contributed by atoms with Crippen LogP contribution in [0.3, 0.4) is 0 Å². The predicted molar refractivity (Wildman–Crippen MR) is 109 cm³/mol. The number of nitrogens with zero attached hydrogens (tertiary/aromatic N) is 1. The number of halogens is 1. The highest BCUT2D eigenvalue weighted by molar-refractivity contribution is 7.92. The Morgan fingerprint density at radius 1 is 0.929 bits per heavy atom. The number of anilines is 1. The van der Waals surface area contributed by atoms with Crippen LogP contribution in [0.1, 0.15) is 24.1 Å². The Morgan fingerprint density at radius 3 is 2.14 bits per heavy atom. The van der Waals surface area contributed by atoms with E-state index in [0.29, 0.717) is 11.4 Å². The first-order valence-electron chi connectivity index (χ1n) is 8.84. The zero-order chi connectivity index (χ0) is 20.3. The molecular weight excluding hydrogens is 377 g/mol. The lowest BCUT2D eigenvalue weighted by Crippen LogP contribution is -2.34. The molecule has 146 valence electrons. The first-order chi connectivity index (χ1) is 13.3. The minimum atomic E-state index is -3.94. The Kier molecular flexibility index (Phi) is 5.70. The molecule has 6 heteroatoms. The van der Waals surface area contributed by atoms with Crippen molar-refractivity contribution in [3.63, 3.8) is 0 Å². The highest BCUT2D eigenvalue weighted by Gasteiger charge is 2.31. The fraction of sp³-hybridized carbons (Fsp3) is 0.182. The molecule has 0 aromatic heterocycles. The number of aryl methyl sites for hydroxylation is 1. The van der Waals surface area contributed by atoms with E-state index in [1.807, 2.05) is 37.3 Å². The van der Waals surface area contributed by atoms with Crippen molar-refractivity contribution in [2.24, 2.45) is 0 Å². The SMILES string of the molecule is COc1ccccc1[C@H](C)N(c1ccc(C)cc1)S(=O)(=O)c1ccc(F)cc1. The Hall–Kier alpha value is -2.86. The average Bonchev–Trinajstić information content (AvgIpc) is 2.69. The van der Waals surface area contributed by atoms with Gasteiger partial charge in [-0.05, 0) is 56.3 Å². The molecule has 3 aromatic carbocycles. The summed E-state index contributed by atoms with van der Waals surface area (Å²) in [5.41, 5.74) is 2.28. The first kappa shape index (κ1) is 19.9. The Balaban J connectivity index is 2.17. The van der Waals surface area contributed by atoms with E-state index in [0.717, 1.165) is 23.3 Å². The number of hydrogen-bond donors (Lipinski definition) is 0. The second-order valence-electron chi connectivity index (χ2n) is 6.51. The number of para-hydroxylation sites is 1. The van der Waals surface area contributed by atoms with Gasteiger partial charge in [-0.1, -0.05) is 35.9 Å². The van der Waals surface area contributed by atoms with E-state index >= 15 is 0 Å². The van der Waals surface area contributed by atoms with Gasteiger partial charge < -0.3 is 4.74 Å². The van der Waals surface area contributed by atoms with E-state index in [4.69, 9.17) is 4.74 Å². The van der Waals surface area contributed by atoms with Gasteiger partial charge in [-0.3, -0.25) is 4.31 Å². The Morgan fingerprint density at radius 2 is 1.54 bits per heavy atom. The van der Waals surface area contributed by atoms with Gasteiger partial charge in [0.1, 0.15) is 11.6 Å². The van der Waals surface area contributed by atoms with E-state index in [9.17, 15) is 12.8 Å². The van der Waals surface area contributed by atoms with Crippen molar-refractivity contribution in [3.8, 4) is 5.75 Å². The quantitative estimate of drug-likeness (QED) is 0.579. The molecule has 3 rings (SSSR count). The summed E-state index contributed by atoms with van der Waals surface area (Å²) >= 11 is 0. The lowest BCUT2D eigenvalue weighted by atomic mass is 10.1. The zero-order valence-electron chi connectivity index (χ0n) is 16.0. The number of hydrogen-bond acceptors (Lipinski definition) is 3. The minimum Gasteiger partial charge on any atom is -0.496 e. The van der Waals surface area contributed by atoms with E-state index in [1.54, 1.807) is 32.2 Å². The van der Waals surface area contributed by atoms with Gasteiger partial charge in [0.25, 0.3) is 10.0 Å². The van der Waals surface area contributed by atoms with Crippen LogP contribution in [0, 0.1) is 12.7 Å². The molecule has 0 fully saturated rings. The van der Waals surface area contributed by atoms with E-state index in [1.165, 1.54) is 16.4 Å². The summed E-state index contributed by atoms with van der Waals surface area (Å²) in [7, 11) is -2.39. The smallest absolute Gasteiger partial charge is 0.264 e. The van der Waals surface area contributed by atoms with Crippen LogP contribution in [-0.4, -0.2) is 15.5 Å². The molecule has 0 N–H and O–H groups in total. The van der Waals surface area contributed by atoms with Gasteiger partial charge in [-0.25, -0.2) is 12.8 Å². The molecule has 0 radical (unpaired) electrons. The van der Waals surface area contributed by atoms with Crippen molar-refractivity contribution < 1.29 is 17.5 Å². The summed E-state index contributed by atoms with van der Waals surface area (Å²) < 4.78 is 47.1. The summed E-state index contributed by atoms with van der Waals surface area (Å²) in [6.07, 6.45) is 0. The molecule has 0 bridgehead atoms. The molecule has 0 heterocycles. The van der Waals surface area contributed by atoms with Crippen LogP contribution in [0.2, 0.25) is 0 Å². The molecule has 0 saturated carbocycles. The lowest BCUT2D eigenvalue weighted by molar-refractivity contribution is 0.407. The molecule has 3 aromatic rings. The molecule has 1 atom stereocenters. The maximum absolute atomic E-state index is 13.5. The summed E-state index contributed by atoms with van der Waals surface area (Å²) in [5, 5.41) is 0. The van der Waals surface area contributed by atoms with Crippen LogP contribution >= 0.6 is 0 Å². The monoisotopic (exact) mass is 399 g/mol. The second kappa shape index (κ2) is 8.02. The van der Waals surface area contributed by atoms with Gasteiger partial charge >= 0.3 is 0 Å². The summed E-state index contributed by atoms with van der Waals surface area (Å²) in [6.45, 7) is 3.74. The standard InChI is InChI=1S/C22H22FNO3S/c1-16-8-12-19(13-9-16)24(17(2)21-6-4-5-7-22(21)27-3)28(25,26)20-14-10-18(23)11-15-20/h4-15,17H,1-3H3/t17-/m0/s1. The molecule has 0 aliphatic heterocycles. The van der Waals surface area contributed by atoms with E-state index < -0.39 is 21.9 Å². The third-order valence-electron chi connectivity index (χ3n) is 4.60. The minimum absolute atomic E-state index is 0.0243. The van der Waals surface area contributed by atoms with Crippen molar-refractivity contribution in [1.29, 1.82) is 0 Å². The third kappa shape index (κ3) is 3.87. The first-order valence-corrected chi connectivity index (χ1v) is 10.3. The van der Waals surface area contributed by atoms with E-state index in [-0.39, 0.29) is 4.90 Å².